The van der Waals surface area contributed by atoms with Gasteiger partial charge in [0.2, 0.25) is 0 Å². The van der Waals surface area contributed by atoms with Gasteiger partial charge in [-0.15, -0.1) is 0 Å². The minimum absolute atomic E-state index is 0.341. The van der Waals surface area contributed by atoms with Crippen molar-refractivity contribution in [2.75, 3.05) is 13.6 Å². The highest BCUT2D eigenvalue weighted by atomic mass is 15.0. The van der Waals surface area contributed by atoms with Gasteiger partial charge in [-0.3, -0.25) is 4.99 Å². The van der Waals surface area contributed by atoms with E-state index in [4.69, 9.17) is 0 Å². The van der Waals surface area contributed by atoms with Crippen LogP contribution in [0.5, 0.6) is 0 Å². The zero-order valence-corrected chi connectivity index (χ0v) is 8.17. The normalized spacial score (nSPS) is 14.8. The third kappa shape index (κ3) is 3.96. The van der Waals surface area contributed by atoms with E-state index in [1.54, 1.807) is 13.1 Å². The van der Waals surface area contributed by atoms with Crippen LogP contribution in [-0.4, -0.2) is 19.4 Å². The lowest BCUT2D eigenvalue weighted by Crippen LogP contribution is -2.28. The summed E-state index contributed by atoms with van der Waals surface area (Å²) in [6.45, 7) is 8.70. The zero-order chi connectivity index (χ0) is 9.40. The molecule has 2 heteroatoms. The Morgan fingerprint density at radius 2 is 2.33 bits per heavy atom. The predicted molar refractivity (Wildman–Crippen MR) is 55.5 cm³/mol. The second kappa shape index (κ2) is 6.65. The van der Waals surface area contributed by atoms with Gasteiger partial charge < -0.3 is 5.32 Å². The summed E-state index contributed by atoms with van der Waals surface area (Å²) < 4.78 is 0. The summed E-state index contributed by atoms with van der Waals surface area (Å²) in [5.41, 5.74) is 0. The van der Waals surface area contributed by atoms with Crippen molar-refractivity contribution in [1.29, 1.82) is 0 Å². The number of hydrogen-bond acceptors (Lipinski definition) is 1. The molecule has 2 nitrogen and oxygen atoms in total. The molecule has 0 aromatic carbocycles. The molecule has 1 unspecified atom stereocenters. The summed E-state index contributed by atoms with van der Waals surface area (Å²) >= 11 is 0. The topological polar surface area (TPSA) is 24.4 Å². The highest BCUT2D eigenvalue weighted by Crippen LogP contribution is 1.98. The van der Waals surface area contributed by atoms with Crippen LogP contribution in [0, 0.1) is 5.92 Å². The Labute approximate surface area is 75.1 Å². The lowest BCUT2D eigenvalue weighted by atomic mass is 10.1. The van der Waals surface area contributed by atoms with Crippen LogP contribution in [0.4, 0.5) is 0 Å². The van der Waals surface area contributed by atoms with Crippen molar-refractivity contribution in [2.45, 2.75) is 13.8 Å². The summed E-state index contributed by atoms with van der Waals surface area (Å²) in [6, 6.07) is 0. The number of rotatable bonds is 4. The molecule has 68 valence electrons. The molecule has 0 aliphatic rings. The highest BCUT2D eigenvalue weighted by molar-refractivity contribution is 5.85. The Balaban J connectivity index is 4.12. The number of allylic oxidation sites excluding steroid dienone is 2. The van der Waals surface area contributed by atoms with Crippen molar-refractivity contribution in [1.82, 2.24) is 5.32 Å². The molecule has 12 heavy (non-hydrogen) atoms. The first-order valence-electron chi connectivity index (χ1n) is 4.26. The summed E-state index contributed by atoms with van der Waals surface area (Å²) in [5.74, 6) is 1.36. The van der Waals surface area contributed by atoms with E-state index in [1.165, 1.54) is 0 Å². The summed E-state index contributed by atoms with van der Waals surface area (Å²) in [6.07, 6.45) is 5.78. The van der Waals surface area contributed by atoms with E-state index < -0.39 is 0 Å². The first-order valence-corrected chi connectivity index (χ1v) is 4.26. The molecule has 0 aromatic heterocycles. The molecule has 1 atom stereocenters. The number of hydrogen-bond donors (Lipinski definition) is 1. The molecular formula is C10H18N2. The van der Waals surface area contributed by atoms with Crippen LogP contribution < -0.4 is 5.32 Å². The van der Waals surface area contributed by atoms with Crippen LogP contribution in [0.25, 0.3) is 0 Å². The second-order valence-electron chi connectivity index (χ2n) is 2.55. The molecule has 0 fully saturated rings. The molecule has 0 rings (SSSR count). The third-order valence-electron chi connectivity index (χ3n) is 1.57. The van der Waals surface area contributed by atoms with Crippen LogP contribution in [0.15, 0.2) is 29.8 Å². The molecule has 0 spiro atoms. The van der Waals surface area contributed by atoms with E-state index in [1.807, 2.05) is 6.08 Å². The molecule has 0 saturated heterocycles. The quantitative estimate of drug-likeness (QED) is 0.385. The van der Waals surface area contributed by atoms with Crippen LogP contribution in [0.2, 0.25) is 0 Å². The van der Waals surface area contributed by atoms with E-state index >= 15 is 0 Å². The molecule has 0 aliphatic carbocycles. The Bertz CT molecular complexity index is 180. The largest absolute Gasteiger partial charge is 0.374 e. The Kier molecular flexibility index (Phi) is 6.07. The van der Waals surface area contributed by atoms with Crippen molar-refractivity contribution in [2.24, 2.45) is 10.9 Å². The molecule has 0 heterocycles. The van der Waals surface area contributed by atoms with Crippen molar-refractivity contribution < 1.29 is 0 Å². The van der Waals surface area contributed by atoms with Crippen molar-refractivity contribution >= 4 is 5.84 Å². The monoisotopic (exact) mass is 166 g/mol. The summed E-state index contributed by atoms with van der Waals surface area (Å²) in [7, 11) is 1.80. The lowest BCUT2D eigenvalue weighted by molar-refractivity contribution is 0.860. The van der Waals surface area contributed by atoms with Gasteiger partial charge in [0.1, 0.15) is 5.84 Å². The molecule has 0 aliphatic heterocycles. The summed E-state index contributed by atoms with van der Waals surface area (Å²) in [5, 5.41) is 3.21. The maximum Gasteiger partial charge on any atom is 0.103 e. The molecule has 0 bridgehead atoms. The SMILES string of the molecule is C=CC=CC(C)C(=NC)NCC. The van der Waals surface area contributed by atoms with Gasteiger partial charge in [0.05, 0.1) is 0 Å². The number of amidine groups is 1. The average Bonchev–Trinajstić information content (AvgIpc) is 2.10. The smallest absolute Gasteiger partial charge is 0.103 e. The molecule has 0 saturated carbocycles. The van der Waals surface area contributed by atoms with E-state index in [-0.39, 0.29) is 0 Å². The number of aliphatic imine (C=N–C) groups is 1. The second-order valence-corrected chi connectivity index (χ2v) is 2.55. The van der Waals surface area contributed by atoms with Gasteiger partial charge in [-0.2, -0.15) is 0 Å². The van der Waals surface area contributed by atoms with Crippen LogP contribution in [-0.2, 0) is 0 Å². The fourth-order valence-electron chi connectivity index (χ4n) is 0.961. The van der Waals surface area contributed by atoms with Crippen molar-refractivity contribution in [3.63, 3.8) is 0 Å². The van der Waals surface area contributed by atoms with Crippen molar-refractivity contribution in [3.05, 3.63) is 24.8 Å². The average molecular weight is 166 g/mol. The molecule has 1 N–H and O–H groups in total. The fraction of sp³-hybridized carbons (Fsp3) is 0.500. The molecule has 0 radical (unpaired) electrons. The number of nitrogens with one attached hydrogen (secondary N) is 1. The van der Waals surface area contributed by atoms with Crippen molar-refractivity contribution in [3.8, 4) is 0 Å². The van der Waals surface area contributed by atoms with E-state index in [0.29, 0.717) is 5.92 Å². The fourth-order valence-corrected chi connectivity index (χ4v) is 0.961. The van der Waals surface area contributed by atoms with Gasteiger partial charge in [-0.1, -0.05) is 31.7 Å². The number of nitrogens with zero attached hydrogens (tertiary/aromatic N) is 1. The minimum atomic E-state index is 0.341. The molecular weight excluding hydrogens is 148 g/mol. The van der Waals surface area contributed by atoms with Gasteiger partial charge in [0.25, 0.3) is 0 Å². The van der Waals surface area contributed by atoms with Gasteiger partial charge in [-0.05, 0) is 6.92 Å². The van der Waals surface area contributed by atoms with Crippen LogP contribution >= 0.6 is 0 Å². The van der Waals surface area contributed by atoms with Gasteiger partial charge in [0.15, 0.2) is 0 Å². The first-order chi connectivity index (χ1) is 5.76. The van der Waals surface area contributed by atoms with Gasteiger partial charge in [-0.25, -0.2) is 0 Å². The first kappa shape index (κ1) is 11.0. The Morgan fingerprint density at radius 3 is 2.75 bits per heavy atom. The van der Waals surface area contributed by atoms with Gasteiger partial charge in [0, 0.05) is 19.5 Å². The van der Waals surface area contributed by atoms with E-state index in [2.05, 4.69) is 36.8 Å². The highest BCUT2D eigenvalue weighted by Gasteiger charge is 2.02. The Hall–Kier alpha value is -1.05. The van der Waals surface area contributed by atoms with E-state index in [0.717, 1.165) is 12.4 Å². The van der Waals surface area contributed by atoms with Gasteiger partial charge >= 0.3 is 0 Å². The summed E-state index contributed by atoms with van der Waals surface area (Å²) in [4.78, 5) is 4.15. The van der Waals surface area contributed by atoms with Crippen LogP contribution in [0.1, 0.15) is 13.8 Å². The van der Waals surface area contributed by atoms with E-state index in [9.17, 15) is 0 Å². The standard InChI is InChI=1S/C10H18N2/c1-5-7-8-9(3)10(11-4)12-6-2/h5,7-9H,1,6H2,2-4H3,(H,11,12). The maximum atomic E-state index is 4.15. The zero-order valence-electron chi connectivity index (χ0n) is 8.17. The minimum Gasteiger partial charge on any atom is -0.374 e. The Morgan fingerprint density at radius 1 is 1.67 bits per heavy atom. The maximum absolute atomic E-state index is 4.15. The van der Waals surface area contributed by atoms with Crippen LogP contribution in [0.3, 0.4) is 0 Å². The lowest BCUT2D eigenvalue weighted by Gasteiger charge is -2.10. The molecule has 0 amide bonds. The predicted octanol–water partition coefficient (Wildman–Crippen LogP) is 2.00. The third-order valence-corrected chi connectivity index (χ3v) is 1.57. The molecule has 0 aromatic rings.